The summed E-state index contributed by atoms with van der Waals surface area (Å²) in [5, 5.41) is 9.20. The first-order valence-corrected chi connectivity index (χ1v) is 6.04. The van der Waals surface area contributed by atoms with Crippen LogP contribution in [0.2, 0.25) is 0 Å². The number of aliphatic hydroxyl groups is 1. The van der Waals surface area contributed by atoms with Crippen LogP contribution in [0.1, 0.15) is 47.5 Å². The lowest BCUT2D eigenvalue weighted by Gasteiger charge is -2.25. The molecular formula is C13H27NO2. The monoisotopic (exact) mass is 229 g/mol. The summed E-state index contributed by atoms with van der Waals surface area (Å²) in [6.45, 7) is 10.8. The number of amides is 1. The third-order valence-corrected chi connectivity index (χ3v) is 2.45. The maximum Gasteiger partial charge on any atom is 0.222 e. The Morgan fingerprint density at radius 1 is 1.31 bits per heavy atom. The van der Waals surface area contributed by atoms with Crippen molar-refractivity contribution in [2.45, 2.75) is 53.6 Å². The highest BCUT2D eigenvalue weighted by molar-refractivity contribution is 5.76. The highest BCUT2D eigenvalue weighted by atomic mass is 16.3. The van der Waals surface area contributed by atoms with Crippen LogP contribution in [0.15, 0.2) is 0 Å². The van der Waals surface area contributed by atoms with Gasteiger partial charge < -0.3 is 10.0 Å². The van der Waals surface area contributed by atoms with E-state index in [1.165, 1.54) is 0 Å². The summed E-state index contributed by atoms with van der Waals surface area (Å²) in [4.78, 5) is 13.4. The Hall–Kier alpha value is -0.570. The van der Waals surface area contributed by atoms with Crippen molar-refractivity contribution in [1.82, 2.24) is 4.90 Å². The molecule has 2 atom stereocenters. The lowest BCUT2D eigenvalue weighted by molar-refractivity contribution is -0.132. The van der Waals surface area contributed by atoms with Crippen LogP contribution in [0.25, 0.3) is 0 Å². The van der Waals surface area contributed by atoms with Gasteiger partial charge in [0.25, 0.3) is 0 Å². The van der Waals surface area contributed by atoms with Crippen molar-refractivity contribution in [3.63, 3.8) is 0 Å². The van der Waals surface area contributed by atoms with E-state index >= 15 is 0 Å². The number of carbonyl (C=O) groups excluding carboxylic acids is 1. The molecule has 3 nitrogen and oxygen atoms in total. The Morgan fingerprint density at radius 2 is 1.81 bits per heavy atom. The Labute approximate surface area is 99.8 Å². The Morgan fingerprint density at radius 3 is 2.19 bits per heavy atom. The minimum Gasteiger partial charge on any atom is -0.392 e. The summed E-state index contributed by atoms with van der Waals surface area (Å²) in [6.07, 6.45) is 1.16. The number of hydrogen-bond donors (Lipinski definition) is 1. The molecular weight excluding hydrogens is 202 g/mol. The highest BCUT2D eigenvalue weighted by Crippen LogP contribution is 2.26. The normalized spacial score (nSPS) is 15.7. The minimum atomic E-state index is -0.452. The largest absolute Gasteiger partial charge is 0.392 e. The number of hydrogen-bond acceptors (Lipinski definition) is 2. The summed E-state index contributed by atoms with van der Waals surface area (Å²) in [5.74, 6) is 0.515. The molecule has 0 saturated carbocycles. The molecule has 1 amide bonds. The van der Waals surface area contributed by atoms with Gasteiger partial charge in [0, 0.05) is 20.0 Å². The summed E-state index contributed by atoms with van der Waals surface area (Å²) >= 11 is 0. The second-order valence-electron chi connectivity index (χ2n) is 6.20. The molecule has 0 rings (SSSR count). The molecule has 0 fully saturated rings. The van der Waals surface area contributed by atoms with Gasteiger partial charge in [0.1, 0.15) is 0 Å². The van der Waals surface area contributed by atoms with Gasteiger partial charge in [-0.2, -0.15) is 0 Å². The first kappa shape index (κ1) is 15.4. The van der Waals surface area contributed by atoms with Crippen LogP contribution in [0, 0.1) is 11.3 Å². The smallest absolute Gasteiger partial charge is 0.222 e. The van der Waals surface area contributed by atoms with E-state index < -0.39 is 6.10 Å². The molecule has 0 heterocycles. The van der Waals surface area contributed by atoms with Crippen LogP contribution in [0.3, 0.4) is 0 Å². The number of nitrogens with zero attached hydrogens (tertiary/aromatic N) is 1. The molecule has 0 spiro atoms. The predicted molar refractivity (Wildman–Crippen MR) is 67.2 cm³/mol. The molecule has 0 aliphatic carbocycles. The minimum absolute atomic E-state index is 0.123. The van der Waals surface area contributed by atoms with Crippen molar-refractivity contribution in [2.75, 3.05) is 13.6 Å². The summed E-state index contributed by atoms with van der Waals surface area (Å²) < 4.78 is 0. The fourth-order valence-corrected chi connectivity index (χ4v) is 2.07. The first-order chi connectivity index (χ1) is 7.11. The van der Waals surface area contributed by atoms with E-state index in [-0.39, 0.29) is 11.3 Å². The van der Waals surface area contributed by atoms with Crippen molar-refractivity contribution < 1.29 is 9.90 Å². The van der Waals surface area contributed by atoms with Crippen LogP contribution >= 0.6 is 0 Å². The van der Waals surface area contributed by atoms with E-state index in [2.05, 4.69) is 27.7 Å². The Bertz CT molecular complexity index is 218. The van der Waals surface area contributed by atoms with Crippen LogP contribution < -0.4 is 0 Å². The average molecular weight is 229 g/mol. The van der Waals surface area contributed by atoms with Crippen LogP contribution in [0.5, 0.6) is 0 Å². The van der Waals surface area contributed by atoms with Gasteiger partial charge in [-0.15, -0.1) is 0 Å². The van der Waals surface area contributed by atoms with E-state index in [1.807, 2.05) is 0 Å². The van der Waals surface area contributed by atoms with Gasteiger partial charge >= 0.3 is 0 Å². The van der Waals surface area contributed by atoms with Crippen LogP contribution in [0.4, 0.5) is 0 Å². The fourth-order valence-electron chi connectivity index (χ4n) is 2.07. The lowest BCUT2D eigenvalue weighted by Crippen LogP contribution is -2.34. The van der Waals surface area contributed by atoms with E-state index in [4.69, 9.17) is 0 Å². The highest BCUT2D eigenvalue weighted by Gasteiger charge is 2.19. The predicted octanol–water partition coefficient (Wildman–Crippen LogP) is 2.29. The Balaban J connectivity index is 4.04. The molecule has 3 heteroatoms. The topological polar surface area (TPSA) is 40.5 Å². The molecule has 1 N–H and O–H groups in total. The maximum atomic E-state index is 11.8. The lowest BCUT2D eigenvalue weighted by atomic mass is 9.84. The van der Waals surface area contributed by atoms with E-state index in [9.17, 15) is 9.90 Å². The third kappa shape index (κ3) is 7.69. The zero-order valence-corrected chi connectivity index (χ0v) is 11.6. The van der Waals surface area contributed by atoms with Crippen LogP contribution in [-0.2, 0) is 4.79 Å². The van der Waals surface area contributed by atoms with E-state index in [0.29, 0.717) is 18.9 Å². The molecule has 0 aliphatic heterocycles. The number of aliphatic hydroxyl groups excluding tert-OH is 1. The van der Waals surface area contributed by atoms with Gasteiger partial charge in [-0.1, -0.05) is 27.7 Å². The molecule has 2 unspecified atom stereocenters. The van der Waals surface area contributed by atoms with Crippen molar-refractivity contribution in [3.05, 3.63) is 0 Å². The van der Waals surface area contributed by atoms with E-state index in [0.717, 1.165) is 6.42 Å². The second-order valence-corrected chi connectivity index (χ2v) is 6.20. The quantitative estimate of drug-likeness (QED) is 0.785. The molecule has 16 heavy (non-hydrogen) atoms. The standard InChI is InChI=1S/C13H27NO2/c1-10(8-13(3,4)5)7-12(16)14(6)9-11(2)15/h10-11,15H,7-9H2,1-6H3. The van der Waals surface area contributed by atoms with Crippen LogP contribution in [-0.4, -0.2) is 35.6 Å². The second kappa shape index (κ2) is 6.24. The number of rotatable bonds is 5. The fraction of sp³-hybridized carbons (Fsp3) is 0.923. The zero-order valence-electron chi connectivity index (χ0n) is 11.6. The maximum absolute atomic E-state index is 11.8. The van der Waals surface area contributed by atoms with Gasteiger partial charge in [0.05, 0.1) is 6.10 Å². The summed E-state index contributed by atoms with van der Waals surface area (Å²) in [6, 6.07) is 0. The summed E-state index contributed by atoms with van der Waals surface area (Å²) in [7, 11) is 1.75. The molecule has 0 radical (unpaired) electrons. The molecule has 0 aromatic heterocycles. The van der Waals surface area contributed by atoms with Gasteiger partial charge in [-0.3, -0.25) is 4.79 Å². The Kier molecular flexibility index (Phi) is 6.01. The summed E-state index contributed by atoms with van der Waals surface area (Å²) in [5.41, 5.74) is 0.266. The molecule has 0 aliphatic rings. The van der Waals surface area contributed by atoms with Crippen molar-refractivity contribution in [1.29, 1.82) is 0 Å². The molecule has 0 bridgehead atoms. The first-order valence-electron chi connectivity index (χ1n) is 6.04. The third-order valence-electron chi connectivity index (χ3n) is 2.45. The van der Waals surface area contributed by atoms with Gasteiger partial charge in [-0.25, -0.2) is 0 Å². The van der Waals surface area contributed by atoms with Crippen molar-refractivity contribution in [3.8, 4) is 0 Å². The zero-order chi connectivity index (χ0) is 12.9. The molecule has 0 aromatic rings. The SMILES string of the molecule is CC(O)CN(C)C(=O)CC(C)CC(C)(C)C. The number of carbonyl (C=O) groups is 1. The molecule has 0 aromatic carbocycles. The van der Waals surface area contributed by atoms with Gasteiger partial charge in [-0.05, 0) is 24.7 Å². The van der Waals surface area contributed by atoms with Crippen molar-refractivity contribution in [2.24, 2.45) is 11.3 Å². The molecule has 96 valence electrons. The van der Waals surface area contributed by atoms with Crippen molar-refractivity contribution >= 4 is 5.91 Å². The average Bonchev–Trinajstić information content (AvgIpc) is 1.98. The number of likely N-dealkylation sites (N-methyl/N-ethyl adjacent to an activating group) is 1. The van der Waals surface area contributed by atoms with E-state index in [1.54, 1.807) is 18.9 Å². The van der Waals surface area contributed by atoms with Gasteiger partial charge in [0.15, 0.2) is 0 Å². The molecule has 0 saturated heterocycles. The van der Waals surface area contributed by atoms with Gasteiger partial charge in [0.2, 0.25) is 5.91 Å².